The number of primary amides is 1. The molecule has 0 bridgehead atoms. The molecule has 19 heteroatoms. The lowest BCUT2D eigenvalue weighted by Gasteiger charge is -2.28. The third-order valence-electron chi connectivity index (χ3n) is 9.16. The average Bonchev–Trinajstić information content (AvgIpc) is 3.60. The van der Waals surface area contributed by atoms with Gasteiger partial charge in [0.2, 0.25) is 23.6 Å². The Balaban J connectivity index is 1.58. The maximum absolute atomic E-state index is 14.2. The van der Waals surface area contributed by atoms with E-state index in [2.05, 4.69) is 31.1 Å². The summed E-state index contributed by atoms with van der Waals surface area (Å²) in [6, 6.07) is 14.5. The first kappa shape index (κ1) is 45.0. The topological polar surface area (TPSA) is 277 Å². The number of fused-ring (bicyclic) bond motifs is 1. The number of rotatable bonds is 22. The Morgan fingerprint density at radius 3 is 2.05 bits per heavy atom. The molecule has 0 radical (unpaired) electrons. The first-order valence-corrected chi connectivity index (χ1v) is 20.1. The Hall–Kier alpha value is -5.73. The summed E-state index contributed by atoms with van der Waals surface area (Å²) < 4.78 is 45.1. The highest BCUT2D eigenvalue weighted by atomic mass is 32.2. The molecule has 4 aromatic rings. The van der Waals surface area contributed by atoms with Gasteiger partial charge in [-0.1, -0.05) is 65.1 Å². The monoisotopic (exact) mass is 822 g/mol. The highest BCUT2D eigenvalue weighted by Gasteiger charge is 2.34. The number of carbonyl (C=O) groups is 5. The van der Waals surface area contributed by atoms with Crippen molar-refractivity contribution < 1.29 is 36.8 Å². The lowest BCUT2D eigenvalue weighted by molar-refractivity contribution is -0.133. The molecule has 0 aliphatic carbocycles. The molecular formula is C39H51FN10O7S. The minimum atomic E-state index is -4.85. The number of nitrogens with two attached hydrogens (primary N) is 3. The van der Waals surface area contributed by atoms with Crippen molar-refractivity contribution in [3.8, 4) is 0 Å². The fourth-order valence-electron chi connectivity index (χ4n) is 5.90. The molecule has 5 atom stereocenters. The van der Waals surface area contributed by atoms with Gasteiger partial charge in [0.1, 0.15) is 30.0 Å². The Kier molecular flexibility index (Phi) is 16.4. The van der Waals surface area contributed by atoms with Crippen LogP contribution in [-0.4, -0.2) is 84.1 Å². The number of nitrogens with one attached hydrogen (secondary N) is 6. The Morgan fingerprint density at radius 2 is 1.40 bits per heavy atom. The second-order valence-electron chi connectivity index (χ2n) is 13.9. The van der Waals surface area contributed by atoms with Crippen molar-refractivity contribution in [3.05, 3.63) is 108 Å². The molecule has 0 fully saturated rings. The van der Waals surface area contributed by atoms with Crippen LogP contribution in [0, 0.1) is 5.82 Å². The molecule has 3 aromatic carbocycles. The van der Waals surface area contributed by atoms with Crippen LogP contribution in [0.25, 0.3) is 10.9 Å². The highest BCUT2D eigenvalue weighted by Crippen LogP contribution is 2.19. The molecule has 1 aromatic heterocycles. The molecule has 312 valence electrons. The minimum Gasteiger partial charge on any atom is -0.368 e. The number of carbonyl (C=O) groups excluding carboxylic acids is 5. The van der Waals surface area contributed by atoms with E-state index in [9.17, 15) is 36.8 Å². The van der Waals surface area contributed by atoms with Gasteiger partial charge in [0.25, 0.3) is 16.1 Å². The van der Waals surface area contributed by atoms with Gasteiger partial charge in [0.05, 0.1) is 12.6 Å². The van der Waals surface area contributed by atoms with E-state index in [4.69, 9.17) is 17.2 Å². The Labute approximate surface area is 336 Å². The number of amides is 5. The molecular weight excluding hydrogens is 772 g/mol. The van der Waals surface area contributed by atoms with Crippen LogP contribution in [0.15, 0.2) is 85.1 Å². The molecule has 0 saturated carbocycles. The summed E-state index contributed by atoms with van der Waals surface area (Å²) in [5, 5.41) is 8.49. The Bertz CT molecular complexity index is 2130. The first-order chi connectivity index (χ1) is 27.6. The fraction of sp³-hybridized carbons (Fsp3) is 0.359. The van der Waals surface area contributed by atoms with E-state index in [0.717, 1.165) is 23.0 Å². The summed E-state index contributed by atoms with van der Waals surface area (Å²) in [5.74, 6) is -4.66. The quantitative estimate of drug-likeness (QED) is 0.0388. The molecule has 0 aliphatic rings. The standard InChI is InChI=1S/C39H51FN10O7S/c1-24(42)36(52)47-33(21-28-22-44-31-13-7-6-12-30(28)31)38(54)45-25(2)37(53)48-50(23-27-15-17-29(40)18-16-27)58(56,57)49-34(20-26-10-4-3-5-11-26)39(55)46-32(35(43)51)14-8-9-19-41/h3-7,10-13,15-18,22,24-25,32-34,44,49H,8-9,14,19-21,23,41-42H2,1-2H3,(H2,43,51)(H,45,54)(H,46,55)(H,47,52)(H,48,53)/t24-,25-,32-,33+,34+/m0/s1. The molecule has 0 spiro atoms. The van der Waals surface area contributed by atoms with Gasteiger partial charge in [-0.2, -0.15) is 13.1 Å². The Morgan fingerprint density at radius 1 is 0.759 bits per heavy atom. The number of para-hydroxylation sites is 1. The van der Waals surface area contributed by atoms with Crippen molar-refractivity contribution in [2.24, 2.45) is 17.2 Å². The van der Waals surface area contributed by atoms with Crippen LogP contribution in [0.3, 0.4) is 0 Å². The van der Waals surface area contributed by atoms with E-state index < -0.39 is 82.3 Å². The maximum atomic E-state index is 14.2. The van der Waals surface area contributed by atoms with Crippen LogP contribution >= 0.6 is 0 Å². The number of aromatic nitrogens is 1. The normalized spacial score (nSPS) is 14.2. The van der Waals surface area contributed by atoms with E-state index in [1.165, 1.54) is 26.0 Å². The second-order valence-corrected chi connectivity index (χ2v) is 15.5. The van der Waals surface area contributed by atoms with E-state index in [0.29, 0.717) is 34.9 Å². The predicted molar refractivity (Wildman–Crippen MR) is 215 cm³/mol. The summed E-state index contributed by atoms with van der Waals surface area (Å²) >= 11 is 0. The summed E-state index contributed by atoms with van der Waals surface area (Å²) in [7, 11) is -4.85. The van der Waals surface area contributed by atoms with Crippen molar-refractivity contribution in [3.63, 3.8) is 0 Å². The predicted octanol–water partition coefficient (Wildman–Crippen LogP) is 0.264. The van der Waals surface area contributed by atoms with Crippen LogP contribution in [0.2, 0.25) is 0 Å². The largest absolute Gasteiger partial charge is 0.368 e. The van der Waals surface area contributed by atoms with Crippen molar-refractivity contribution in [1.82, 2.24) is 35.5 Å². The van der Waals surface area contributed by atoms with E-state index in [1.807, 2.05) is 24.3 Å². The van der Waals surface area contributed by atoms with Gasteiger partial charge in [-0.25, -0.2) is 4.39 Å². The number of unbranched alkanes of at least 4 members (excludes halogenated alkanes) is 1. The average molecular weight is 823 g/mol. The van der Waals surface area contributed by atoms with Crippen molar-refractivity contribution in [2.75, 3.05) is 6.54 Å². The van der Waals surface area contributed by atoms with Crippen molar-refractivity contribution in [2.45, 2.75) is 82.7 Å². The lowest BCUT2D eigenvalue weighted by atomic mass is 10.0. The van der Waals surface area contributed by atoms with E-state index in [-0.39, 0.29) is 24.8 Å². The van der Waals surface area contributed by atoms with Crippen molar-refractivity contribution in [1.29, 1.82) is 0 Å². The number of nitrogens with zero attached hydrogens (tertiary/aromatic N) is 1. The van der Waals surface area contributed by atoms with Gasteiger partial charge >= 0.3 is 0 Å². The molecule has 1 heterocycles. The van der Waals surface area contributed by atoms with Gasteiger partial charge in [-0.15, -0.1) is 0 Å². The number of hydrazine groups is 1. The smallest absolute Gasteiger partial charge is 0.297 e. The van der Waals surface area contributed by atoms with Crippen LogP contribution in [0.4, 0.5) is 4.39 Å². The van der Waals surface area contributed by atoms with Crippen molar-refractivity contribution >= 4 is 50.6 Å². The van der Waals surface area contributed by atoms with Crippen LogP contribution < -0.4 is 43.3 Å². The number of aromatic amines is 1. The molecule has 17 nitrogen and oxygen atoms in total. The van der Waals surface area contributed by atoms with Gasteiger partial charge in [-0.3, -0.25) is 29.4 Å². The molecule has 58 heavy (non-hydrogen) atoms. The molecule has 0 unspecified atom stereocenters. The zero-order chi connectivity index (χ0) is 42.4. The third-order valence-corrected chi connectivity index (χ3v) is 10.5. The highest BCUT2D eigenvalue weighted by molar-refractivity contribution is 7.87. The number of hydrogen-bond acceptors (Lipinski definition) is 9. The number of H-pyrrole nitrogens is 1. The zero-order valence-electron chi connectivity index (χ0n) is 32.2. The summed E-state index contributed by atoms with van der Waals surface area (Å²) in [5.41, 5.74) is 21.5. The number of hydrogen-bond donors (Lipinski definition) is 9. The summed E-state index contributed by atoms with van der Waals surface area (Å²) in [6.45, 7) is 2.56. The number of benzene rings is 3. The summed E-state index contributed by atoms with van der Waals surface area (Å²) in [4.78, 5) is 69.1. The molecule has 0 aliphatic heterocycles. The summed E-state index contributed by atoms with van der Waals surface area (Å²) in [6.07, 6.45) is 2.74. The van der Waals surface area contributed by atoms with E-state index in [1.54, 1.807) is 36.5 Å². The SMILES string of the molecule is C[C@H](N)C(=O)N[C@H](Cc1c[nH]c2ccccc12)C(=O)N[C@@H](C)C(=O)NN(Cc1ccc(F)cc1)S(=O)(=O)N[C@H](Cc1ccccc1)C(=O)N[C@@H](CCCCN)C(N)=O. The first-order valence-electron chi connectivity index (χ1n) is 18.7. The van der Waals surface area contributed by atoms with Crippen LogP contribution in [0.5, 0.6) is 0 Å². The molecule has 0 saturated heterocycles. The maximum Gasteiger partial charge on any atom is 0.297 e. The fourth-order valence-corrected chi connectivity index (χ4v) is 7.11. The molecule has 12 N–H and O–H groups in total. The zero-order valence-corrected chi connectivity index (χ0v) is 33.1. The van der Waals surface area contributed by atoms with Gasteiger partial charge < -0.3 is 38.1 Å². The van der Waals surface area contributed by atoms with Crippen LogP contribution in [0.1, 0.15) is 49.8 Å². The molecule has 5 amide bonds. The van der Waals surface area contributed by atoms with Crippen LogP contribution in [-0.2, 0) is 53.6 Å². The number of halogens is 1. The second kappa shape index (κ2) is 21.1. The van der Waals surface area contributed by atoms with Gasteiger partial charge in [-0.05, 0) is 81.0 Å². The van der Waals surface area contributed by atoms with Gasteiger partial charge in [0.15, 0.2) is 0 Å². The van der Waals surface area contributed by atoms with E-state index >= 15 is 0 Å². The minimum absolute atomic E-state index is 0.0200. The third kappa shape index (κ3) is 13.2. The molecule has 4 rings (SSSR count). The lowest BCUT2D eigenvalue weighted by Crippen LogP contribution is -2.60. The van der Waals surface area contributed by atoms with Gasteiger partial charge in [0, 0.05) is 23.5 Å².